The molecule has 212 valence electrons. The van der Waals surface area contributed by atoms with E-state index in [2.05, 4.69) is 31.2 Å². The van der Waals surface area contributed by atoms with Gasteiger partial charge in [0.2, 0.25) is 17.7 Å². The maximum absolute atomic E-state index is 12.2. The van der Waals surface area contributed by atoms with E-state index in [1.165, 1.54) is 6.20 Å². The summed E-state index contributed by atoms with van der Waals surface area (Å²) in [6, 6.07) is 7.08. The number of nitro groups is 1. The van der Waals surface area contributed by atoms with Crippen molar-refractivity contribution in [1.29, 1.82) is 0 Å². The van der Waals surface area contributed by atoms with E-state index in [1.807, 2.05) is 6.07 Å². The van der Waals surface area contributed by atoms with E-state index in [0.29, 0.717) is 30.6 Å². The monoisotopic (exact) mass is 543 g/mol. The summed E-state index contributed by atoms with van der Waals surface area (Å²) in [5, 5.41) is 32.1. The number of hydrogen-bond acceptors (Lipinski definition) is 10. The standard InChI is InChI=1S/C26H37N7O6/c1-26(2,3)39-25(36)30-15-22(35)31-20-6-4-5-19(11-20)13-28-24-29-14-21(33(37)38)23(32-24)27-12-17-7-9-18(16-34)10-8-17/h4-6,11,14,17-18,34H,7-10,12-13,15-16H2,1-3H3,(H,30,36)(H,31,35)(H2,27,28,29,32). The van der Waals surface area contributed by atoms with Gasteiger partial charge in [0.15, 0.2) is 0 Å². The van der Waals surface area contributed by atoms with Crippen molar-refractivity contribution >= 4 is 35.1 Å². The lowest BCUT2D eigenvalue weighted by Crippen LogP contribution is -2.37. The lowest BCUT2D eigenvalue weighted by Gasteiger charge is -2.27. The largest absolute Gasteiger partial charge is 0.444 e. The molecule has 0 radical (unpaired) electrons. The molecule has 2 aromatic rings. The molecule has 0 saturated heterocycles. The highest BCUT2D eigenvalue weighted by molar-refractivity contribution is 5.93. The minimum Gasteiger partial charge on any atom is -0.444 e. The molecule has 1 fully saturated rings. The molecule has 0 bridgehead atoms. The number of rotatable bonds is 11. The maximum atomic E-state index is 12.2. The average molecular weight is 544 g/mol. The number of amides is 2. The zero-order valence-corrected chi connectivity index (χ0v) is 22.5. The van der Waals surface area contributed by atoms with Crippen LogP contribution in [0.25, 0.3) is 0 Å². The predicted molar refractivity (Wildman–Crippen MR) is 146 cm³/mol. The van der Waals surface area contributed by atoms with Crippen LogP contribution in [0.1, 0.15) is 52.0 Å². The number of hydrogen-bond donors (Lipinski definition) is 5. The van der Waals surface area contributed by atoms with Gasteiger partial charge < -0.3 is 31.1 Å². The van der Waals surface area contributed by atoms with Crippen LogP contribution in [-0.2, 0) is 16.1 Å². The van der Waals surface area contributed by atoms with Crippen LogP contribution in [0.4, 0.5) is 27.9 Å². The van der Waals surface area contributed by atoms with Crippen molar-refractivity contribution in [2.75, 3.05) is 35.6 Å². The zero-order valence-electron chi connectivity index (χ0n) is 22.5. The number of alkyl carbamates (subject to hydrolysis) is 1. The smallest absolute Gasteiger partial charge is 0.408 e. The summed E-state index contributed by atoms with van der Waals surface area (Å²) < 4.78 is 5.11. The van der Waals surface area contributed by atoms with Crippen LogP contribution >= 0.6 is 0 Å². The van der Waals surface area contributed by atoms with Crippen LogP contribution in [0.2, 0.25) is 0 Å². The lowest BCUT2D eigenvalue weighted by molar-refractivity contribution is -0.384. The van der Waals surface area contributed by atoms with Gasteiger partial charge in [-0.3, -0.25) is 14.9 Å². The van der Waals surface area contributed by atoms with Gasteiger partial charge in [0.05, 0.1) is 4.92 Å². The van der Waals surface area contributed by atoms with Crippen LogP contribution in [0.5, 0.6) is 0 Å². The highest BCUT2D eigenvalue weighted by atomic mass is 16.6. The SMILES string of the molecule is CC(C)(C)OC(=O)NCC(=O)Nc1cccc(CNc2ncc([N+](=O)[O-])c(NCC3CCC(CO)CC3)n2)c1. The normalized spacial score (nSPS) is 17.1. The first-order valence-electron chi connectivity index (χ1n) is 13.0. The molecule has 13 heteroatoms. The van der Waals surface area contributed by atoms with Gasteiger partial charge in [0.25, 0.3) is 0 Å². The average Bonchev–Trinajstić information content (AvgIpc) is 2.89. The molecule has 2 amide bonds. The van der Waals surface area contributed by atoms with Crippen LogP contribution in [-0.4, -0.2) is 57.3 Å². The molecule has 13 nitrogen and oxygen atoms in total. The van der Waals surface area contributed by atoms with E-state index in [-0.39, 0.29) is 30.6 Å². The summed E-state index contributed by atoms with van der Waals surface area (Å²) in [4.78, 5) is 43.3. The number of anilines is 3. The molecule has 0 aliphatic heterocycles. The number of nitrogens with one attached hydrogen (secondary N) is 4. The minimum absolute atomic E-state index is 0.153. The first-order chi connectivity index (χ1) is 18.5. The molecule has 0 spiro atoms. The molecule has 1 aliphatic rings. The molecule has 0 atom stereocenters. The Morgan fingerprint density at radius 2 is 1.87 bits per heavy atom. The second kappa shape index (κ2) is 13.7. The quantitative estimate of drug-likeness (QED) is 0.207. The first-order valence-corrected chi connectivity index (χ1v) is 13.0. The molecule has 1 aromatic carbocycles. The fourth-order valence-corrected chi connectivity index (χ4v) is 4.20. The molecular weight excluding hydrogens is 506 g/mol. The second-order valence-electron chi connectivity index (χ2n) is 10.6. The summed E-state index contributed by atoms with van der Waals surface area (Å²) in [5.41, 5.74) is 0.485. The van der Waals surface area contributed by atoms with Crippen LogP contribution in [0.15, 0.2) is 30.5 Å². The van der Waals surface area contributed by atoms with Crippen LogP contribution in [0, 0.1) is 22.0 Å². The van der Waals surface area contributed by atoms with Crippen molar-refractivity contribution in [2.45, 2.75) is 58.6 Å². The molecule has 3 rings (SSSR count). The van der Waals surface area contributed by atoms with Gasteiger partial charge in [0, 0.05) is 25.4 Å². The Morgan fingerprint density at radius 1 is 1.15 bits per heavy atom. The van der Waals surface area contributed by atoms with Crippen molar-refractivity contribution in [1.82, 2.24) is 15.3 Å². The minimum atomic E-state index is -0.679. The van der Waals surface area contributed by atoms with E-state index < -0.39 is 22.5 Å². The number of carbonyl (C=O) groups is 2. The molecule has 1 aliphatic carbocycles. The van der Waals surface area contributed by atoms with Gasteiger partial charge in [-0.2, -0.15) is 4.98 Å². The number of aromatic nitrogens is 2. The van der Waals surface area contributed by atoms with Crippen LogP contribution in [0.3, 0.4) is 0 Å². The molecule has 39 heavy (non-hydrogen) atoms. The third-order valence-corrected chi connectivity index (χ3v) is 6.20. The van der Waals surface area contributed by atoms with E-state index in [4.69, 9.17) is 4.74 Å². The summed E-state index contributed by atoms with van der Waals surface area (Å²) in [7, 11) is 0. The zero-order chi connectivity index (χ0) is 28.4. The molecule has 1 aromatic heterocycles. The number of benzene rings is 1. The molecule has 0 unspecified atom stereocenters. The Kier molecular flexibility index (Phi) is 10.4. The topological polar surface area (TPSA) is 181 Å². The lowest BCUT2D eigenvalue weighted by atomic mass is 9.82. The maximum Gasteiger partial charge on any atom is 0.408 e. The van der Waals surface area contributed by atoms with Crippen molar-refractivity contribution < 1.29 is 24.4 Å². The number of carbonyl (C=O) groups excluding carboxylic acids is 2. The Balaban J connectivity index is 1.54. The molecular formula is C26H37N7O6. The molecule has 1 heterocycles. The summed E-state index contributed by atoms with van der Waals surface area (Å²) in [5.74, 6) is 0.663. The van der Waals surface area contributed by atoms with Crippen molar-refractivity contribution in [2.24, 2.45) is 11.8 Å². The second-order valence-corrected chi connectivity index (χ2v) is 10.6. The van der Waals surface area contributed by atoms with E-state index in [9.17, 15) is 24.8 Å². The number of aliphatic hydroxyl groups excluding tert-OH is 1. The van der Waals surface area contributed by atoms with E-state index >= 15 is 0 Å². The highest BCUT2D eigenvalue weighted by Gasteiger charge is 2.23. The predicted octanol–water partition coefficient (Wildman–Crippen LogP) is 3.67. The number of ether oxygens (including phenoxy) is 1. The van der Waals surface area contributed by atoms with E-state index in [1.54, 1.807) is 39.0 Å². The van der Waals surface area contributed by atoms with Gasteiger partial charge in [-0.25, -0.2) is 9.78 Å². The Bertz CT molecular complexity index is 1150. The van der Waals surface area contributed by atoms with Crippen molar-refractivity contribution in [3.05, 3.63) is 46.1 Å². The van der Waals surface area contributed by atoms with Gasteiger partial charge in [-0.15, -0.1) is 0 Å². The highest BCUT2D eigenvalue weighted by Crippen LogP contribution is 2.30. The van der Waals surface area contributed by atoms with Gasteiger partial charge in [0.1, 0.15) is 18.3 Å². The van der Waals surface area contributed by atoms with Gasteiger partial charge in [-0.1, -0.05) is 12.1 Å². The number of aliphatic hydroxyl groups is 1. The van der Waals surface area contributed by atoms with Crippen LogP contribution < -0.4 is 21.3 Å². The third kappa shape index (κ3) is 10.0. The molecule has 1 saturated carbocycles. The third-order valence-electron chi connectivity index (χ3n) is 6.20. The fraction of sp³-hybridized carbons (Fsp3) is 0.538. The summed E-state index contributed by atoms with van der Waals surface area (Å²) in [6.07, 6.45) is 4.29. The van der Waals surface area contributed by atoms with Gasteiger partial charge >= 0.3 is 11.8 Å². The summed E-state index contributed by atoms with van der Waals surface area (Å²) in [6.45, 7) is 6.02. The first kappa shape index (κ1) is 29.6. The molecule has 5 N–H and O–H groups in total. The fourth-order valence-electron chi connectivity index (χ4n) is 4.20. The van der Waals surface area contributed by atoms with Crippen molar-refractivity contribution in [3.63, 3.8) is 0 Å². The van der Waals surface area contributed by atoms with Gasteiger partial charge in [-0.05, 0) is 76.0 Å². The summed E-state index contributed by atoms with van der Waals surface area (Å²) >= 11 is 0. The Hall–Kier alpha value is -4.00. The van der Waals surface area contributed by atoms with Crippen molar-refractivity contribution in [3.8, 4) is 0 Å². The number of nitrogens with zero attached hydrogens (tertiary/aromatic N) is 3. The Labute approximate surface area is 227 Å². The van der Waals surface area contributed by atoms with E-state index in [0.717, 1.165) is 31.2 Å². The Morgan fingerprint density at radius 3 is 2.54 bits per heavy atom.